The van der Waals surface area contributed by atoms with Gasteiger partial charge in [-0.1, -0.05) is 0 Å². The Labute approximate surface area is 159 Å². The number of anilines is 2. The summed E-state index contributed by atoms with van der Waals surface area (Å²) in [6.45, 7) is 1.90. The summed E-state index contributed by atoms with van der Waals surface area (Å²) in [6.07, 6.45) is 2.47. The summed E-state index contributed by atoms with van der Waals surface area (Å²) >= 11 is 0. The molecule has 0 bridgehead atoms. The van der Waals surface area contributed by atoms with Crippen LogP contribution in [0, 0.1) is 0 Å². The smallest absolute Gasteiger partial charge is 0.337 e. The lowest BCUT2D eigenvalue weighted by molar-refractivity contribution is 0.0600. The molecule has 2 aromatic carbocycles. The molecule has 1 aliphatic heterocycles. The van der Waals surface area contributed by atoms with Crippen molar-refractivity contribution in [1.29, 1.82) is 0 Å². The number of amides is 1. The van der Waals surface area contributed by atoms with Gasteiger partial charge in [-0.25, -0.2) is 4.79 Å². The van der Waals surface area contributed by atoms with Crippen molar-refractivity contribution in [2.24, 2.45) is 0 Å². The Morgan fingerprint density at radius 1 is 1.00 bits per heavy atom. The molecule has 0 aromatic heterocycles. The molecule has 3 rings (SSSR count). The van der Waals surface area contributed by atoms with Crippen LogP contribution < -0.4 is 10.2 Å². The number of ether oxygens (including phenoxy) is 2. The highest BCUT2D eigenvalue weighted by Gasteiger charge is 2.19. The van der Waals surface area contributed by atoms with E-state index >= 15 is 0 Å². The molecule has 0 unspecified atom stereocenters. The Hall–Kier alpha value is -2.86. The molecule has 1 aliphatic rings. The largest absolute Gasteiger partial charge is 0.465 e. The van der Waals surface area contributed by atoms with Gasteiger partial charge in [0.05, 0.1) is 18.8 Å². The molecule has 0 radical (unpaired) electrons. The molecule has 1 heterocycles. The molecule has 0 spiro atoms. The van der Waals surface area contributed by atoms with E-state index in [9.17, 15) is 9.59 Å². The van der Waals surface area contributed by atoms with Gasteiger partial charge in [0.2, 0.25) is 0 Å². The minimum absolute atomic E-state index is 0.225. The van der Waals surface area contributed by atoms with Gasteiger partial charge in [0.15, 0.2) is 0 Å². The second-order valence-electron chi connectivity index (χ2n) is 6.52. The molecule has 2 aromatic rings. The van der Waals surface area contributed by atoms with E-state index in [4.69, 9.17) is 4.74 Å². The average molecular weight is 368 g/mol. The molecule has 0 saturated carbocycles. The van der Waals surface area contributed by atoms with E-state index in [1.165, 1.54) is 7.11 Å². The van der Waals surface area contributed by atoms with Crippen molar-refractivity contribution in [3.8, 4) is 0 Å². The Bertz CT molecular complexity index is 787. The van der Waals surface area contributed by atoms with Crippen molar-refractivity contribution >= 4 is 23.3 Å². The maximum atomic E-state index is 12.4. The zero-order chi connectivity index (χ0) is 19.2. The number of hydrogen-bond donors (Lipinski definition) is 1. The van der Waals surface area contributed by atoms with Crippen LogP contribution in [-0.4, -0.2) is 45.3 Å². The minimum atomic E-state index is -0.425. The van der Waals surface area contributed by atoms with E-state index in [0.717, 1.165) is 37.3 Å². The fourth-order valence-electron chi connectivity index (χ4n) is 3.20. The van der Waals surface area contributed by atoms with Crippen LogP contribution in [0.2, 0.25) is 0 Å². The predicted molar refractivity (Wildman–Crippen MR) is 104 cm³/mol. The topological polar surface area (TPSA) is 67.9 Å². The number of carbonyl (C=O) groups is 2. The van der Waals surface area contributed by atoms with Gasteiger partial charge in [-0.2, -0.15) is 0 Å². The molecular weight excluding hydrogens is 344 g/mol. The number of benzene rings is 2. The second kappa shape index (κ2) is 8.68. The first-order chi connectivity index (χ1) is 13.1. The number of hydrogen-bond acceptors (Lipinski definition) is 5. The SMILES string of the molecule is COC(=O)c1ccc(C(=O)Nc2ccc(N3CCC[C@H](OC)C3)cc2)cc1. The lowest BCUT2D eigenvalue weighted by atomic mass is 10.1. The molecule has 0 aliphatic carbocycles. The third kappa shape index (κ3) is 4.65. The maximum Gasteiger partial charge on any atom is 0.337 e. The first kappa shape index (κ1) is 18.9. The molecule has 6 heteroatoms. The van der Waals surface area contributed by atoms with E-state index in [2.05, 4.69) is 15.0 Å². The number of nitrogens with zero attached hydrogens (tertiary/aromatic N) is 1. The minimum Gasteiger partial charge on any atom is -0.465 e. The van der Waals surface area contributed by atoms with Gasteiger partial charge in [0.25, 0.3) is 5.91 Å². The molecule has 142 valence electrons. The standard InChI is InChI=1S/C21H24N2O4/c1-26-19-4-3-13-23(14-19)18-11-9-17(10-12-18)22-20(24)15-5-7-16(8-6-15)21(25)27-2/h5-12,19H,3-4,13-14H2,1-2H3,(H,22,24)/t19-/m0/s1. The molecule has 27 heavy (non-hydrogen) atoms. The van der Waals surface area contributed by atoms with Gasteiger partial charge in [0.1, 0.15) is 0 Å². The molecule has 6 nitrogen and oxygen atoms in total. The lowest BCUT2D eigenvalue weighted by Gasteiger charge is -2.33. The molecular formula is C21H24N2O4. The van der Waals surface area contributed by atoms with Crippen LogP contribution in [0.1, 0.15) is 33.6 Å². The van der Waals surface area contributed by atoms with Crippen LogP contribution in [0.5, 0.6) is 0 Å². The Kier molecular flexibility index (Phi) is 6.08. The van der Waals surface area contributed by atoms with Crippen molar-refractivity contribution in [3.05, 3.63) is 59.7 Å². The van der Waals surface area contributed by atoms with Gasteiger partial charge >= 0.3 is 5.97 Å². The van der Waals surface area contributed by atoms with E-state index in [-0.39, 0.29) is 12.0 Å². The lowest BCUT2D eigenvalue weighted by Crippen LogP contribution is -2.39. The van der Waals surface area contributed by atoms with Gasteiger partial charge < -0.3 is 19.7 Å². The third-order valence-electron chi connectivity index (χ3n) is 4.77. The van der Waals surface area contributed by atoms with Crippen LogP contribution in [0.3, 0.4) is 0 Å². The summed E-state index contributed by atoms with van der Waals surface area (Å²) < 4.78 is 10.1. The molecule has 1 saturated heterocycles. The van der Waals surface area contributed by atoms with Crippen molar-refractivity contribution in [1.82, 2.24) is 0 Å². The summed E-state index contributed by atoms with van der Waals surface area (Å²) in [5.74, 6) is -0.650. The van der Waals surface area contributed by atoms with Gasteiger partial charge in [-0.15, -0.1) is 0 Å². The summed E-state index contributed by atoms with van der Waals surface area (Å²) in [6, 6.07) is 14.2. The fraction of sp³-hybridized carbons (Fsp3) is 0.333. The quantitative estimate of drug-likeness (QED) is 0.820. The van der Waals surface area contributed by atoms with Crippen LogP contribution in [-0.2, 0) is 9.47 Å². The first-order valence-corrected chi connectivity index (χ1v) is 8.98. The van der Waals surface area contributed by atoms with E-state index in [1.807, 2.05) is 24.3 Å². The van der Waals surface area contributed by atoms with Crippen LogP contribution in [0.15, 0.2) is 48.5 Å². The Morgan fingerprint density at radius 2 is 1.67 bits per heavy atom. The highest BCUT2D eigenvalue weighted by Crippen LogP contribution is 2.23. The average Bonchev–Trinajstić information content (AvgIpc) is 2.73. The first-order valence-electron chi connectivity index (χ1n) is 8.98. The number of esters is 1. The van der Waals surface area contributed by atoms with Crippen LogP contribution >= 0.6 is 0 Å². The highest BCUT2D eigenvalue weighted by atomic mass is 16.5. The molecule has 1 atom stereocenters. The third-order valence-corrected chi connectivity index (χ3v) is 4.77. The number of rotatable bonds is 5. The van der Waals surface area contributed by atoms with Crippen molar-refractivity contribution in [2.45, 2.75) is 18.9 Å². The number of nitrogens with one attached hydrogen (secondary N) is 1. The van der Waals surface area contributed by atoms with E-state index in [1.54, 1.807) is 31.4 Å². The van der Waals surface area contributed by atoms with Crippen LogP contribution in [0.4, 0.5) is 11.4 Å². The Balaban J connectivity index is 1.62. The summed E-state index contributed by atoms with van der Waals surface area (Å²) in [5, 5.41) is 2.87. The molecule has 1 N–H and O–H groups in total. The summed E-state index contributed by atoms with van der Waals surface area (Å²) in [4.78, 5) is 26.1. The normalized spacial score (nSPS) is 16.7. The zero-order valence-electron chi connectivity index (χ0n) is 15.6. The molecule has 1 amide bonds. The summed E-state index contributed by atoms with van der Waals surface area (Å²) in [5.41, 5.74) is 2.73. The van der Waals surface area contributed by atoms with Gasteiger partial charge in [0, 0.05) is 37.1 Å². The van der Waals surface area contributed by atoms with Crippen molar-refractivity contribution in [2.75, 3.05) is 37.5 Å². The summed E-state index contributed by atoms with van der Waals surface area (Å²) in [7, 11) is 3.08. The number of methoxy groups -OCH3 is 2. The maximum absolute atomic E-state index is 12.4. The zero-order valence-corrected chi connectivity index (χ0v) is 15.6. The fourth-order valence-corrected chi connectivity index (χ4v) is 3.20. The highest BCUT2D eigenvalue weighted by molar-refractivity contribution is 6.04. The van der Waals surface area contributed by atoms with E-state index < -0.39 is 5.97 Å². The van der Waals surface area contributed by atoms with Crippen molar-refractivity contribution in [3.63, 3.8) is 0 Å². The monoisotopic (exact) mass is 368 g/mol. The van der Waals surface area contributed by atoms with Crippen LogP contribution in [0.25, 0.3) is 0 Å². The number of piperidine rings is 1. The predicted octanol–water partition coefficient (Wildman–Crippen LogP) is 3.34. The van der Waals surface area contributed by atoms with Crippen molar-refractivity contribution < 1.29 is 19.1 Å². The number of carbonyl (C=O) groups excluding carboxylic acids is 2. The van der Waals surface area contributed by atoms with Gasteiger partial charge in [-0.05, 0) is 61.4 Å². The van der Waals surface area contributed by atoms with E-state index in [0.29, 0.717) is 11.1 Å². The second-order valence-corrected chi connectivity index (χ2v) is 6.52. The Morgan fingerprint density at radius 3 is 2.30 bits per heavy atom. The van der Waals surface area contributed by atoms with Gasteiger partial charge in [-0.3, -0.25) is 4.79 Å². The molecule has 1 fully saturated rings.